The molecule has 0 aromatic heterocycles. The van der Waals surface area contributed by atoms with Gasteiger partial charge in [-0.05, 0) is 68.1 Å². The highest BCUT2D eigenvalue weighted by Crippen LogP contribution is 2.26. The van der Waals surface area contributed by atoms with Gasteiger partial charge in [-0.1, -0.05) is 25.1 Å². The van der Waals surface area contributed by atoms with Gasteiger partial charge in [0.2, 0.25) is 15.9 Å². The number of anilines is 1. The van der Waals surface area contributed by atoms with Crippen LogP contribution in [0.2, 0.25) is 0 Å². The van der Waals surface area contributed by atoms with Gasteiger partial charge in [-0.15, -0.1) is 0 Å². The topological polar surface area (TPSA) is 101 Å². The summed E-state index contributed by atoms with van der Waals surface area (Å²) in [4.78, 5) is 13.3. The number of carbonyl (C=O) groups is 1. The highest BCUT2D eigenvalue weighted by atomic mass is 32.2. The Morgan fingerprint density at radius 1 is 0.968 bits per heavy atom. The molecule has 2 aromatic rings. The third kappa shape index (κ3) is 6.30. The first kappa shape index (κ1) is 24.9. The van der Waals surface area contributed by atoms with Crippen LogP contribution in [-0.2, 0) is 24.7 Å². The monoisotopic (exact) mass is 466 g/mol. The van der Waals surface area contributed by atoms with Crippen molar-refractivity contribution in [1.29, 1.82) is 0 Å². The van der Waals surface area contributed by atoms with Crippen LogP contribution in [0, 0.1) is 13.8 Å². The summed E-state index contributed by atoms with van der Waals surface area (Å²) in [5.41, 5.74) is 2.97. The molecule has 7 nitrogen and oxygen atoms in total. The Hall–Kier alpha value is -2.39. The summed E-state index contributed by atoms with van der Waals surface area (Å²) in [6.45, 7) is 7.28. The van der Waals surface area contributed by atoms with Crippen molar-refractivity contribution < 1.29 is 21.6 Å². The Balaban J connectivity index is 2.33. The zero-order chi connectivity index (χ0) is 23.6. The molecule has 2 rings (SSSR count). The molecular formula is C22H30N2O5S2. The fourth-order valence-electron chi connectivity index (χ4n) is 3.53. The van der Waals surface area contributed by atoms with Crippen LogP contribution in [0.25, 0.3) is 0 Å². The molecule has 0 aliphatic carbocycles. The van der Waals surface area contributed by atoms with Crippen LogP contribution in [0.5, 0.6) is 0 Å². The van der Waals surface area contributed by atoms with Gasteiger partial charge < -0.3 is 5.32 Å². The number of sulfonamides is 1. The number of hydrogen-bond donors (Lipinski definition) is 1. The molecule has 0 aliphatic rings. The summed E-state index contributed by atoms with van der Waals surface area (Å²) in [6.07, 6.45) is 2.51. The number of aryl methyl sites for hydroxylation is 2. The van der Waals surface area contributed by atoms with Crippen molar-refractivity contribution in [1.82, 2.24) is 5.32 Å². The first-order chi connectivity index (χ1) is 14.2. The molecule has 31 heavy (non-hydrogen) atoms. The van der Waals surface area contributed by atoms with Crippen LogP contribution in [0.4, 0.5) is 5.69 Å². The molecule has 0 bridgehead atoms. The van der Waals surface area contributed by atoms with Gasteiger partial charge in [0.1, 0.15) is 6.04 Å². The minimum absolute atomic E-state index is 0.194. The Kier molecular flexibility index (Phi) is 7.54. The Bertz CT molecular complexity index is 1140. The van der Waals surface area contributed by atoms with E-state index < -0.39 is 37.9 Å². The van der Waals surface area contributed by atoms with Gasteiger partial charge in [-0.25, -0.2) is 16.8 Å². The Morgan fingerprint density at radius 3 is 1.90 bits per heavy atom. The molecule has 0 fully saturated rings. The minimum Gasteiger partial charge on any atom is -0.348 e. The molecular weight excluding hydrogens is 436 g/mol. The molecule has 0 spiro atoms. The van der Waals surface area contributed by atoms with Crippen LogP contribution in [0.1, 0.15) is 43.0 Å². The van der Waals surface area contributed by atoms with E-state index in [-0.39, 0.29) is 11.3 Å². The third-order valence-electron chi connectivity index (χ3n) is 4.96. The fraction of sp³-hybridized carbons (Fsp3) is 0.409. The Labute approximate surface area is 185 Å². The summed E-state index contributed by atoms with van der Waals surface area (Å²) < 4.78 is 49.7. The molecule has 2 atom stereocenters. The first-order valence-corrected chi connectivity index (χ1v) is 13.7. The maximum atomic E-state index is 13.1. The fourth-order valence-corrected chi connectivity index (χ4v) is 5.36. The van der Waals surface area contributed by atoms with Crippen molar-refractivity contribution in [2.24, 2.45) is 0 Å². The van der Waals surface area contributed by atoms with Crippen molar-refractivity contribution in [3.8, 4) is 0 Å². The van der Waals surface area contributed by atoms with Gasteiger partial charge in [-0.3, -0.25) is 9.10 Å². The lowest BCUT2D eigenvalue weighted by atomic mass is 10.1. The lowest BCUT2D eigenvalue weighted by Gasteiger charge is -2.31. The summed E-state index contributed by atoms with van der Waals surface area (Å²) in [7, 11) is -7.04. The van der Waals surface area contributed by atoms with Crippen LogP contribution < -0.4 is 9.62 Å². The van der Waals surface area contributed by atoms with Gasteiger partial charge in [-0.2, -0.15) is 0 Å². The molecule has 0 radical (unpaired) electrons. The zero-order valence-corrected chi connectivity index (χ0v) is 20.3. The van der Waals surface area contributed by atoms with Gasteiger partial charge in [0.25, 0.3) is 0 Å². The average molecular weight is 467 g/mol. The largest absolute Gasteiger partial charge is 0.348 e. The van der Waals surface area contributed by atoms with Crippen LogP contribution >= 0.6 is 0 Å². The average Bonchev–Trinajstić information content (AvgIpc) is 2.63. The molecule has 0 saturated carbocycles. The highest BCUT2D eigenvalue weighted by Gasteiger charge is 2.32. The van der Waals surface area contributed by atoms with E-state index in [1.807, 2.05) is 19.9 Å². The smallest absolute Gasteiger partial charge is 0.244 e. The van der Waals surface area contributed by atoms with Crippen molar-refractivity contribution in [2.45, 2.75) is 51.1 Å². The SMILES string of the molecule is CC[C@@H](C(=O)N[C@H](C)c1ccc(S(C)(=O)=O)cc1)N(c1cc(C)cc(C)c1)S(C)(=O)=O. The number of amides is 1. The summed E-state index contributed by atoms with van der Waals surface area (Å²) in [5.74, 6) is -0.424. The number of hydrogen-bond acceptors (Lipinski definition) is 5. The predicted molar refractivity (Wildman–Crippen MR) is 123 cm³/mol. The number of sulfone groups is 1. The minimum atomic E-state index is -3.72. The molecule has 0 heterocycles. The van der Waals surface area contributed by atoms with Crippen LogP contribution in [0.3, 0.4) is 0 Å². The first-order valence-electron chi connectivity index (χ1n) is 9.92. The molecule has 0 aliphatic heterocycles. The maximum Gasteiger partial charge on any atom is 0.244 e. The standard InChI is InChI=1S/C22H30N2O5S2/c1-7-21(24(31(6,28)29)19-13-15(2)12-16(3)14-19)22(25)23-17(4)18-8-10-20(11-9-18)30(5,26)27/h8-14,17,21H,7H2,1-6H3,(H,23,25)/t17-,21+/m1/s1. The van der Waals surface area contributed by atoms with E-state index >= 15 is 0 Å². The normalized spacial score (nSPS) is 14.0. The third-order valence-corrected chi connectivity index (χ3v) is 7.27. The van der Waals surface area contributed by atoms with Gasteiger partial charge in [0, 0.05) is 6.26 Å². The van der Waals surface area contributed by atoms with Crippen molar-refractivity contribution in [3.05, 3.63) is 59.2 Å². The summed E-state index contributed by atoms with van der Waals surface area (Å²) >= 11 is 0. The van der Waals surface area contributed by atoms with E-state index in [0.29, 0.717) is 11.3 Å². The lowest BCUT2D eigenvalue weighted by Crippen LogP contribution is -2.49. The summed E-state index contributed by atoms with van der Waals surface area (Å²) in [6, 6.07) is 10.3. The van der Waals surface area contributed by atoms with Crippen molar-refractivity contribution >= 4 is 31.5 Å². The van der Waals surface area contributed by atoms with E-state index in [9.17, 15) is 21.6 Å². The zero-order valence-electron chi connectivity index (χ0n) is 18.7. The number of rotatable bonds is 8. The number of benzene rings is 2. The molecule has 2 aromatic carbocycles. The second kappa shape index (κ2) is 9.40. The van der Waals surface area contributed by atoms with Crippen molar-refractivity contribution in [2.75, 3.05) is 16.8 Å². The van der Waals surface area contributed by atoms with E-state index in [4.69, 9.17) is 0 Å². The Morgan fingerprint density at radius 2 is 1.48 bits per heavy atom. The van der Waals surface area contributed by atoms with E-state index in [1.54, 1.807) is 38.1 Å². The van der Waals surface area contributed by atoms with Gasteiger partial charge in [0.05, 0.1) is 22.9 Å². The second-order valence-electron chi connectivity index (χ2n) is 7.90. The van der Waals surface area contributed by atoms with E-state index in [0.717, 1.165) is 23.6 Å². The quantitative estimate of drug-likeness (QED) is 0.644. The number of nitrogens with zero attached hydrogens (tertiary/aromatic N) is 1. The number of carbonyl (C=O) groups excluding carboxylic acids is 1. The van der Waals surface area contributed by atoms with E-state index in [1.165, 1.54) is 16.4 Å². The molecule has 0 unspecified atom stereocenters. The van der Waals surface area contributed by atoms with Crippen molar-refractivity contribution in [3.63, 3.8) is 0 Å². The summed E-state index contributed by atoms with van der Waals surface area (Å²) in [5, 5.41) is 2.86. The molecule has 9 heteroatoms. The van der Waals surface area contributed by atoms with Gasteiger partial charge in [0.15, 0.2) is 9.84 Å². The van der Waals surface area contributed by atoms with Crippen LogP contribution in [-0.4, -0.2) is 41.3 Å². The predicted octanol–water partition coefficient (Wildman–Crippen LogP) is 3.13. The highest BCUT2D eigenvalue weighted by molar-refractivity contribution is 7.92. The second-order valence-corrected chi connectivity index (χ2v) is 11.8. The molecule has 1 amide bonds. The molecule has 0 saturated heterocycles. The molecule has 1 N–H and O–H groups in total. The number of nitrogens with one attached hydrogen (secondary N) is 1. The maximum absolute atomic E-state index is 13.1. The van der Waals surface area contributed by atoms with Crippen LogP contribution in [0.15, 0.2) is 47.4 Å². The van der Waals surface area contributed by atoms with E-state index in [2.05, 4.69) is 5.32 Å². The molecule has 170 valence electrons. The lowest BCUT2D eigenvalue weighted by molar-refractivity contribution is -0.122. The van der Waals surface area contributed by atoms with Gasteiger partial charge >= 0.3 is 0 Å².